The number of esters is 1. The van der Waals surface area contributed by atoms with Gasteiger partial charge >= 0.3 is 5.97 Å². The van der Waals surface area contributed by atoms with Crippen LogP contribution < -0.4 is 16.0 Å². The van der Waals surface area contributed by atoms with E-state index in [-0.39, 0.29) is 30.8 Å². The Bertz CT molecular complexity index is 807. The van der Waals surface area contributed by atoms with E-state index < -0.39 is 0 Å². The molecule has 2 aromatic rings. The Morgan fingerprint density at radius 1 is 1.46 bits per heavy atom. The number of thiazole rings is 1. The molecule has 1 aliphatic rings. The number of nitrogens with two attached hydrogens (primary N) is 1. The number of nitrogen functional groups attached to an aromatic ring is 1. The summed E-state index contributed by atoms with van der Waals surface area (Å²) in [6.45, 7) is 2.52. The summed E-state index contributed by atoms with van der Waals surface area (Å²) in [7, 11) is 1.72. The maximum absolute atomic E-state index is 12.0. The molecule has 0 unspecified atom stereocenters. The van der Waals surface area contributed by atoms with Gasteiger partial charge in [0.2, 0.25) is 11.9 Å². The van der Waals surface area contributed by atoms with Crippen LogP contribution >= 0.6 is 11.3 Å². The highest BCUT2D eigenvalue weighted by Crippen LogP contribution is 2.36. The van der Waals surface area contributed by atoms with E-state index in [1.54, 1.807) is 31.3 Å². The lowest BCUT2D eigenvalue weighted by atomic mass is 9.96. The Hall–Kier alpha value is -2.75. The number of anilines is 2. The summed E-state index contributed by atoms with van der Waals surface area (Å²) in [6.07, 6.45) is 3.63. The number of carbonyl (C=O) groups excluding carboxylic acids is 2. The van der Waals surface area contributed by atoms with Gasteiger partial charge in [-0.2, -0.15) is 0 Å². The first-order chi connectivity index (χ1) is 12.5. The van der Waals surface area contributed by atoms with Crippen LogP contribution in [0.1, 0.15) is 35.4 Å². The molecular weight excluding hydrogens is 356 g/mol. The van der Waals surface area contributed by atoms with Crippen LogP contribution in [-0.2, 0) is 20.9 Å². The number of carbonyl (C=O) groups is 2. The topological polar surface area (TPSA) is 123 Å². The van der Waals surface area contributed by atoms with Gasteiger partial charge in [0, 0.05) is 36.7 Å². The number of hydrogen-bond donors (Lipinski definition) is 2. The molecule has 10 heteroatoms. The first-order valence-corrected chi connectivity index (χ1v) is 9.00. The molecule has 3 heterocycles. The zero-order valence-corrected chi connectivity index (χ0v) is 15.4. The van der Waals surface area contributed by atoms with Gasteiger partial charge in [0.15, 0.2) is 5.13 Å². The van der Waals surface area contributed by atoms with Gasteiger partial charge in [0.25, 0.3) is 0 Å². The monoisotopic (exact) mass is 376 g/mol. The van der Waals surface area contributed by atoms with Crippen LogP contribution in [0.4, 0.5) is 11.1 Å². The van der Waals surface area contributed by atoms with E-state index in [4.69, 9.17) is 10.5 Å². The van der Waals surface area contributed by atoms with Gasteiger partial charge in [-0.25, -0.2) is 15.0 Å². The number of nitrogens with zero attached hydrogens (tertiary/aromatic N) is 4. The Labute approximate surface area is 154 Å². The summed E-state index contributed by atoms with van der Waals surface area (Å²) in [6, 6.07) is 0. The zero-order valence-electron chi connectivity index (χ0n) is 14.6. The molecule has 2 aromatic heterocycles. The molecule has 0 bridgehead atoms. The third-order valence-corrected chi connectivity index (χ3v) is 5.02. The van der Waals surface area contributed by atoms with Crippen molar-refractivity contribution in [2.45, 2.75) is 25.8 Å². The molecule has 0 saturated carbocycles. The van der Waals surface area contributed by atoms with E-state index in [0.717, 1.165) is 16.1 Å². The van der Waals surface area contributed by atoms with Crippen LogP contribution in [0.5, 0.6) is 0 Å². The maximum atomic E-state index is 12.0. The number of likely N-dealkylation sites (N-methyl/N-ethyl adjacent to an activating group) is 1. The molecular formula is C16H20N6O3S. The smallest absolute Gasteiger partial charge is 0.325 e. The van der Waals surface area contributed by atoms with Crippen molar-refractivity contribution in [3.8, 4) is 0 Å². The van der Waals surface area contributed by atoms with Gasteiger partial charge in [-0.15, -0.1) is 11.3 Å². The molecule has 0 spiro atoms. The Kier molecular flexibility index (Phi) is 5.31. The summed E-state index contributed by atoms with van der Waals surface area (Å²) in [5, 5.41) is 3.30. The van der Waals surface area contributed by atoms with Gasteiger partial charge in [0.1, 0.15) is 6.54 Å². The fourth-order valence-corrected chi connectivity index (χ4v) is 3.74. The van der Waals surface area contributed by atoms with E-state index >= 15 is 0 Å². The van der Waals surface area contributed by atoms with E-state index in [1.165, 1.54) is 11.3 Å². The standard InChI is InChI=1S/C16H20N6O3S/c1-3-25-13(24)8-22(2)16-19-5-9(6-20-16)10-4-12(23)18-7-11-14(10)26-15(17)21-11/h5-6,10H,3-4,7-8H2,1-2H3,(H2,17,21)(H,18,23)/t10-/m1/s1. The fourth-order valence-electron chi connectivity index (χ4n) is 2.76. The lowest BCUT2D eigenvalue weighted by Crippen LogP contribution is -2.28. The van der Waals surface area contributed by atoms with Crippen LogP contribution in [0.25, 0.3) is 0 Å². The minimum Gasteiger partial charge on any atom is -0.465 e. The predicted molar refractivity (Wildman–Crippen MR) is 96.8 cm³/mol. The van der Waals surface area contributed by atoms with Crippen LogP contribution in [0, 0.1) is 0 Å². The Morgan fingerprint density at radius 3 is 2.88 bits per heavy atom. The molecule has 3 rings (SSSR count). The van der Waals surface area contributed by atoms with E-state index in [1.807, 2.05) is 0 Å². The molecule has 9 nitrogen and oxygen atoms in total. The molecule has 0 fully saturated rings. The number of rotatable bonds is 5. The number of fused-ring (bicyclic) bond motifs is 1. The van der Waals surface area contributed by atoms with Crippen molar-refractivity contribution in [2.75, 3.05) is 30.8 Å². The van der Waals surface area contributed by atoms with Crippen molar-refractivity contribution in [1.82, 2.24) is 20.3 Å². The molecule has 1 amide bonds. The number of amides is 1. The largest absolute Gasteiger partial charge is 0.465 e. The van der Waals surface area contributed by atoms with E-state index in [0.29, 0.717) is 24.2 Å². The normalized spacial score (nSPS) is 16.4. The third-order valence-electron chi connectivity index (χ3n) is 3.98. The van der Waals surface area contributed by atoms with Crippen molar-refractivity contribution in [3.05, 3.63) is 28.5 Å². The number of aromatic nitrogens is 3. The SMILES string of the molecule is CCOC(=O)CN(C)c1ncc([C@H]2CC(=O)NCc3nc(N)sc32)cn1. The second-order valence-corrected chi connectivity index (χ2v) is 6.94. The number of nitrogens with one attached hydrogen (secondary N) is 1. The molecule has 138 valence electrons. The van der Waals surface area contributed by atoms with Gasteiger partial charge in [-0.1, -0.05) is 0 Å². The van der Waals surface area contributed by atoms with Crippen molar-refractivity contribution in [1.29, 1.82) is 0 Å². The van der Waals surface area contributed by atoms with Gasteiger partial charge < -0.3 is 20.7 Å². The molecule has 26 heavy (non-hydrogen) atoms. The lowest BCUT2D eigenvalue weighted by molar-refractivity contribution is -0.141. The Balaban J connectivity index is 1.81. The van der Waals surface area contributed by atoms with Crippen molar-refractivity contribution in [3.63, 3.8) is 0 Å². The summed E-state index contributed by atoms with van der Waals surface area (Å²) in [5.41, 5.74) is 7.42. The average molecular weight is 376 g/mol. The van der Waals surface area contributed by atoms with E-state index in [9.17, 15) is 9.59 Å². The molecule has 1 atom stereocenters. The highest BCUT2D eigenvalue weighted by Gasteiger charge is 2.28. The molecule has 0 radical (unpaired) electrons. The highest BCUT2D eigenvalue weighted by molar-refractivity contribution is 7.15. The number of hydrogen-bond acceptors (Lipinski definition) is 9. The van der Waals surface area contributed by atoms with Crippen molar-refractivity contribution < 1.29 is 14.3 Å². The first-order valence-electron chi connectivity index (χ1n) is 8.18. The molecule has 0 aromatic carbocycles. The Morgan fingerprint density at radius 2 is 2.19 bits per heavy atom. The summed E-state index contributed by atoms with van der Waals surface area (Å²) in [4.78, 5) is 39.1. The van der Waals surface area contributed by atoms with Crippen molar-refractivity contribution in [2.24, 2.45) is 0 Å². The summed E-state index contributed by atoms with van der Waals surface area (Å²) >= 11 is 1.38. The summed E-state index contributed by atoms with van der Waals surface area (Å²) in [5.74, 6) is -0.175. The minimum atomic E-state index is -0.340. The lowest BCUT2D eigenvalue weighted by Gasteiger charge is -2.17. The van der Waals surface area contributed by atoms with Crippen LogP contribution in [0.3, 0.4) is 0 Å². The number of ether oxygens (including phenoxy) is 1. The minimum absolute atomic E-state index is 0.0534. The predicted octanol–water partition coefficient (Wildman–Crippen LogP) is 0.666. The van der Waals surface area contributed by atoms with Crippen LogP contribution in [0.2, 0.25) is 0 Å². The third kappa shape index (κ3) is 3.90. The zero-order chi connectivity index (χ0) is 18.7. The van der Waals surface area contributed by atoms with Gasteiger partial charge in [-0.3, -0.25) is 9.59 Å². The van der Waals surface area contributed by atoms with Crippen LogP contribution in [-0.4, -0.2) is 47.0 Å². The van der Waals surface area contributed by atoms with E-state index in [2.05, 4.69) is 20.3 Å². The summed E-state index contributed by atoms with van der Waals surface area (Å²) < 4.78 is 4.92. The van der Waals surface area contributed by atoms with Gasteiger partial charge in [-0.05, 0) is 12.5 Å². The van der Waals surface area contributed by atoms with Crippen LogP contribution in [0.15, 0.2) is 12.4 Å². The first kappa shape index (κ1) is 18.1. The fraction of sp³-hybridized carbons (Fsp3) is 0.438. The average Bonchev–Trinajstić information content (AvgIpc) is 2.91. The molecule has 0 aliphatic carbocycles. The van der Waals surface area contributed by atoms with Crippen molar-refractivity contribution >= 4 is 34.3 Å². The highest BCUT2D eigenvalue weighted by atomic mass is 32.1. The second-order valence-electron chi connectivity index (χ2n) is 5.87. The second kappa shape index (κ2) is 7.65. The van der Waals surface area contributed by atoms with Gasteiger partial charge in [0.05, 0.1) is 18.8 Å². The quantitative estimate of drug-likeness (QED) is 0.730. The molecule has 3 N–H and O–H groups in total. The molecule has 0 saturated heterocycles. The maximum Gasteiger partial charge on any atom is 0.325 e. The molecule has 1 aliphatic heterocycles.